The topological polar surface area (TPSA) is 38.7 Å². The zero-order chi connectivity index (χ0) is 31.9. The lowest BCUT2D eigenvalue weighted by molar-refractivity contribution is 1.32. The average molecular weight is 650 g/mol. The van der Waals surface area contributed by atoms with Crippen LogP contribution in [0.15, 0.2) is 164 Å². The number of hydrogen-bond acceptors (Lipinski definition) is 5. The highest BCUT2D eigenvalue weighted by molar-refractivity contribution is 7.22. The van der Waals surface area contributed by atoms with Crippen LogP contribution in [-0.2, 0) is 0 Å². The lowest BCUT2D eigenvalue weighted by atomic mass is 9.91. The molecule has 0 amide bonds. The van der Waals surface area contributed by atoms with Crippen molar-refractivity contribution in [3.05, 3.63) is 164 Å². The molecule has 0 atom stereocenters. The third-order valence-corrected chi connectivity index (χ3v) is 10.7. The van der Waals surface area contributed by atoms with Crippen LogP contribution in [0.25, 0.3) is 86.3 Å². The summed E-state index contributed by atoms with van der Waals surface area (Å²) < 4.78 is 2.37. The van der Waals surface area contributed by atoms with Crippen LogP contribution in [0.3, 0.4) is 0 Å². The van der Waals surface area contributed by atoms with Crippen molar-refractivity contribution >= 4 is 43.1 Å². The fourth-order valence-corrected chi connectivity index (χ4v) is 8.14. The third kappa shape index (κ3) is 5.29. The van der Waals surface area contributed by atoms with Crippen molar-refractivity contribution in [2.45, 2.75) is 0 Å². The summed E-state index contributed by atoms with van der Waals surface area (Å²) in [5.74, 6) is 0. The van der Waals surface area contributed by atoms with E-state index in [-0.39, 0.29) is 0 Å². The van der Waals surface area contributed by atoms with Gasteiger partial charge in [-0.15, -0.1) is 22.7 Å². The van der Waals surface area contributed by atoms with E-state index < -0.39 is 0 Å². The first-order chi connectivity index (χ1) is 23.8. The molecule has 0 spiro atoms. The zero-order valence-corrected chi connectivity index (χ0v) is 27.4. The van der Waals surface area contributed by atoms with Gasteiger partial charge in [0.15, 0.2) is 0 Å². The maximum Gasteiger partial charge on any atom is 0.124 e. The maximum absolute atomic E-state index is 5.51. The van der Waals surface area contributed by atoms with Gasteiger partial charge in [-0.05, 0) is 53.6 Å². The fourth-order valence-electron chi connectivity index (χ4n) is 6.22. The van der Waals surface area contributed by atoms with E-state index in [0.717, 1.165) is 76.9 Å². The van der Waals surface area contributed by atoms with Crippen molar-refractivity contribution in [1.29, 1.82) is 0 Å². The lowest BCUT2D eigenvalue weighted by Crippen LogP contribution is -1.97. The van der Waals surface area contributed by atoms with Gasteiger partial charge in [0.25, 0.3) is 0 Å². The average Bonchev–Trinajstić information content (AvgIpc) is 3.80. The van der Waals surface area contributed by atoms with Crippen molar-refractivity contribution in [3.63, 3.8) is 0 Å². The van der Waals surface area contributed by atoms with Crippen molar-refractivity contribution in [1.82, 2.24) is 15.0 Å². The molecule has 0 bridgehead atoms. The Bertz CT molecular complexity index is 2330. The summed E-state index contributed by atoms with van der Waals surface area (Å²) in [6.45, 7) is 0. The SMILES string of the molecule is c1ccc(-c2nc(-c3ccccc3)c(-c3cccc(-c4nc5ccccc5s4)c3)cc2-c2cccc(-c3nc4ccccc4s3)c2)cc1. The largest absolute Gasteiger partial charge is 0.246 e. The molecule has 48 heavy (non-hydrogen) atoms. The summed E-state index contributed by atoms with van der Waals surface area (Å²) in [4.78, 5) is 15.5. The highest BCUT2D eigenvalue weighted by Gasteiger charge is 2.19. The zero-order valence-electron chi connectivity index (χ0n) is 25.7. The van der Waals surface area contributed by atoms with Crippen LogP contribution >= 0.6 is 22.7 Å². The van der Waals surface area contributed by atoms with Crippen molar-refractivity contribution in [2.24, 2.45) is 0 Å². The Hall–Kier alpha value is -5.75. The van der Waals surface area contributed by atoms with E-state index in [2.05, 4.69) is 152 Å². The number of fused-ring (bicyclic) bond motifs is 2. The molecule has 0 unspecified atom stereocenters. The first kappa shape index (κ1) is 28.5. The highest BCUT2D eigenvalue weighted by Crippen LogP contribution is 2.42. The molecular weight excluding hydrogens is 623 g/mol. The van der Waals surface area contributed by atoms with Gasteiger partial charge in [0.2, 0.25) is 0 Å². The third-order valence-electron chi connectivity index (χ3n) is 8.55. The monoisotopic (exact) mass is 649 g/mol. The van der Waals surface area contributed by atoms with Crippen LogP contribution in [0.2, 0.25) is 0 Å². The molecule has 0 aliphatic heterocycles. The van der Waals surface area contributed by atoms with E-state index in [4.69, 9.17) is 15.0 Å². The Labute approximate surface area is 286 Å². The number of hydrogen-bond donors (Lipinski definition) is 0. The number of nitrogens with zero attached hydrogens (tertiary/aromatic N) is 3. The molecule has 226 valence electrons. The predicted molar refractivity (Wildman–Crippen MR) is 203 cm³/mol. The maximum atomic E-state index is 5.51. The Morgan fingerprint density at radius 1 is 0.312 bits per heavy atom. The lowest BCUT2D eigenvalue weighted by Gasteiger charge is -2.18. The van der Waals surface area contributed by atoms with Crippen LogP contribution < -0.4 is 0 Å². The smallest absolute Gasteiger partial charge is 0.124 e. The van der Waals surface area contributed by atoms with Crippen molar-refractivity contribution in [3.8, 4) is 65.9 Å². The van der Waals surface area contributed by atoms with Gasteiger partial charge in [-0.1, -0.05) is 121 Å². The minimum absolute atomic E-state index is 0.946. The van der Waals surface area contributed by atoms with E-state index in [1.165, 1.54) is 9.40 Å². The second-order valence-electron chi connectivity index (χ2n) is 11.6. The molecule has 9 aromatic rings. The summed E-state index contributed by atoms with van der Waals surface area (Å²) in [6, 6.07) is 57.4. The van der Waals surface area contributed by atoms with Gasteiger partial charge >= 0.3 is 0 Å². The number of para-hydroxylation sites is 2. The number of aromatic nitrogens is 3. The summed E-state index contributed by atoms with van der Waals surface area (Å²) in [5.41, 5.74) is 12.6. The molecule has 3 heterocycles. The van der Waals surface area contributed by atoms with Gasteiger partial charge in [0, 0.05) is 33.4 Å². The van der Waals surface area contributed by atoms with Crippen LogP contribution in [0.4, 0.5) is 0 Å². The molecule has 3 aromatic heterocycles. The van der Waals surface area contributed by atoms with Crippen LogP contribution in [0, 0.1) is 0 Å². The molecule has 0 radical (unpaired) electrons. The van der Waals surface area contributed by atoms with E-state index in [9.17, 15) is 0 Å². The number of rotatable bonds is 6. The van der Waals surface area contributed by atoms with Gasteiger partial charge in [0.05, 0.1) is 31.8 Å². The molecule has 0 N–H and O–H groups in total. The second kappa shape index (κ2) is 12.1. The predicted octanol–water partition coefficient (Wildman–Crippen LogP) is 12.3. The van der Waals surface area contributed by atoms with E-state index in [1.54, 1.807) is 22.7 Å². The van der Waals surface area contributed by atoms with Gasteiger partial charge in [-0.2, -0.15) is 0 Å². The Morgan fingerprint density at radius 3 is 1.17 bits per heavy atom. The summed E-state index contributed by atoms with van der Waals surface area (Å²) >= 11 is 3.45. The number of thiazole rings is 2. The van der Waals surface area contributed by atoms with Gasteiger partial charge in [-0.3, -0.25) is 0 Å². The summed E-state index contributed by atoms with van der Waals surface area (Å²) in [5, 5.41) is 2.02. The first-order valence-corrected chi connectivity index (χ1v) is 17.5. The first-order valence-electron chi connectivity index (χ1n) is 15.9. The fraction of sp³-hybridized carbons (Fsp3) is 0. The van der Waals surface area contributed by atoms with Gasteiger partial charge in [0.1, 0.15) is 10.0 Å². The van der Waals surface area contributed by atoms with Crippen molar-refractivity contribution in [2.75, 3.05) is 0 Å². The molecule has 3 nitrogen and oxygen atoms in total. The summed E-state index contributed by atoms with van der Waals surface area (Å²) in [7, 11) is 0. The van der Waals surface area contributed by atoms with Gasteiger partial charge in [-0.25, -0.2) is 15.0 Å². The van der Waals surface area contributed by atoms with E-state index in [1.807, 2.05) is 12.1 Å². The standard InChI is InChI=1S/C43H27N3S2/c1-3-13-28(14-4-1)40-34(30-17-11-19-32(25-30)42-44-36-21-7-9-23-38(36)47-42)27-35(41(46-40)29-15-5-2-6-16-29)31-18-12-20-33(26-31)43-45-37-22-8-10-24-39(37)48-43/h1-27H. The second-order valence-corrected chi connectivity index (χ2v) is 13.7. The molecule has 0 aliphatic carbocycles. The minimum atomic E-state index is 0.946. The Balaban J connectivity index is 1.26. The summed E-state index contributed by atoms with van der Waals surface area (Å²) in [6.07, 6.45) is 0. The Kier molecular flexibility index (Phi) is 7.19. The minimum Gasteiger partial charge on any atom is -0.246 e. The van der Waals surface area contributed by atoms with Gasteiger partial charge < -0.3 is 0 Å². The van der Waals surface area contributed by atoms with Crippen LogP contribution in [-0.4, -0.2) is 15.0 Å². The Morgan fingerprint density at radius 2 is 0.708 bits per heavy atom. The highest BCUT2D eigenvalue weighted by atomic mass is 32.1. The molecule has 0 fully saturated rings. The van der Waals surface area contributed by atoms with Crippen molar-refractivity contribution < 1.29 is 0 Å². The normalized spacial score (nSPS) is 11.3. The molecule has 0 saturated carbocycles. The molecule has 5 heteroatoms. The molecular formula is C43H27N3S2. The van der Waals surface area contributed by atoms with Crippen LogP contribution in [0.1, 0.15) is 0 Å². The number of benzene rings is 6. The van der Waals surface area contributed by atoms with Crippen LogP contribution in [0.5, 0.6) is 0 Å². The molecule has 0 saturated heterocycles. The molecule has 9 rings (SSSR count). The number of pyridine rings is 1. The molecule has 6 aromatic carbocycles. The van der Waals surface area contributed by atoms with E-state index >= 15 is 0 Å². The molecule has 0 aliphatic rings. The quantitative estimate of drug-likeness (QED) is 0.180. The van der Waals surface area contributed by atoms with E-state index in [0.29, 0.717) is 0 Å².